The van der Waals surface area contributed by atoms with Crippen molar-refractivity contribution < 1.29 is 14.3 Å². The van der Waals surface area contributed by atoms with Crippen LogP contribution in [0.4, 0.5) is 5.69 Å². The number of methoxy groups -OCH3 is 1. The molecule has 1 aromatic carbocycles. The number of amides is 1. The van der Waals surface area contributed by atoms with Crippen LogP contribution >= 0.6 is 0 Å². The second kappa shape index (κ2) is 5.89. The summed E-state index contributed by atoms with van der Waals surface area (Å²) < 4.78 is 4.43. The van der Waals surface area contributed by atoms with E-state index in [1.807, 2.05) is 6.07 Å². The van der Waals surface area contributed by atoms with Crippen LogP contribution in [-0.4, -0.2) is 25.5 Å². The lowest BCUT2D eigenvalue weighted by atomic mass is 10.00. The van der Waals surface area contributed by atoms with Gasteiger partial charge in [-0.15, -0.1) is 0 Å². The van der Waals surface area contributed by atoms with E-state index >= 15 is 0 Å². The van der Waals surface area contributed by atoms with Crippen LogP contribution in [0.3, 0.4) is 0 Å². The number of nitrogens with one attached hydrogen (secondary N) is 1. The number of nitrogen functional groups attached to an aromatic ring is 1. The Labute approximate surface area is 99.9 Å². The summed E-state index contributed by atoms with van der Waals surface area (Å²) in [6, 6.07) is 7.10. The Kier molecular flexibility index (Phi) is 4.51. The van der Waals surface area contributed by atoms with Gasteiger partial charge < -0.3 is 15.8 Å². The van der Waals surface area contributed by atoms with E-state index in [4.69, 9.17) is 5.73 Å². The maximum atomic E-state index is 11.7. The number of hydrogen-bond acceptors (Lipinski definition) is 4. The lowest BCUT2D eigenvalue weighted by Gasteiger charge is -2.12. The Morgan fingerprint density at radius 3 is 2.76 bits per heavy atom. The van der Waals surface area contributed by atoms with Gasteiger partial charge >= 0.3 is 5.97 Å². The maximum Gasteiger partial charge on any atom is 0.325 e. The number of rotatable bonds is 4. The standard InChI is InChI=1S/C12H16N2O3/c1-8(9-4-3-5-10(13)6-9)12(16)14-7-11(15)17-2/h3-6,8H,7,13H2,1-2H3,(H,14,16). The molecule has 0 aliphatic rings. The average Bonchev–Trinajstić information content (AvgIpc) is 2.34. The molecule has 0 spiro atoms. The SMILES string of the molecule is COC(=O)CNC(=O)C(C)c1cccc(N)c1. The predicted octanol–water partition coefficient (Wildman–Crippen LogP) is 0.661. The number of carbonyl (C=O) groups excluding carboxylic acids is 2. The van der Waals surface area contributed by atoms with Crippen LogP contribution in [0.25, 0.3) is 0 Å². The molecule has 0 radical (unpaired) electrons. The highest BCUT2D eigenvalue weighted by Crippen LogP contribution is 2.17. The van der Waals surface area contributed by atoms with Gasteiger partial charge in [-0.3, -0.25) is 9.59 Å². The molecule has 1 unspecified atom stereocenters. The third-order valence-corrected chi connectivity index (χ3v) is 2.44. The maximum absolute atomic E-state index is 11.7. The van der Waals surface area contributed by atoms with Gasteiger partial charge in [-0.05, 0) is 24.6 Å². The zero-order chi connectivity index (χ0) is 12.8. The van der Waals surface area contributed by atoms with E-state index < -0.39 is 5.97 Å². The normalized spacial score (nSPS) is 11.6. The first-order chi connectivity index (χ1) is 8.04. The van der Waals surface area contributed by atoms with Crippen molar-refractivity contribution in [2.45, 2.75) is 12.8 Å². The summed E-state index contributed by atoms with van der Waals surface area (Å²) in [6.07, 6.45) is 0. The number of hydrogen-bond donors (Lipinski definition) is 2. The van der Waals surface area contributed by atoms with Gasteiger partial charge in [0.1, 0.15) is 6.54 Å². The molecule has 0 saturated heterocycles. The molecule has 1 atom stereocenters. The molecule has 92 valence electrons. The predicted molar refractivity (Wildman–Crippen MR) is 64.3 cm³/mol. The third-order valence-electron chi connectivity index (χ3n) is 2.44. The number of carbonyl (C=O) groups is 2. The fourth-order valence-corrected chi connectivity index (χ4v) is 1.36. The molecule has 0 bridgehead atoms. The first-order valence-electron chi connectivity index (χ1n) is 5.24. The van der Waals surface area contributed by atoms with Gasteiger partial charge in [0.05, 0.1) is 13.0 Å². The Morgan fingerprint density at radius 1 is 1.47 bits per heavy atom. The summed E-state index contributed by atoms with van der Waals surface area (Å²) in [4.78, 5) is 22.6. The average molecular weight is 236 g/mol. The Morgan fingerprint density at radius 2 is 2.18 bits per heavy atom. The molecule has 5 nitrogen and oxygen atoms in total. The minimum atomic E-state index is -0.474. The van der Waals surface area contributed by atoms with E-state index in [-0.39, 0.29) is 18.4 Å². The lowest BCUT2D eigenvalue weighted by Crippen LogP contribution is -2.33. The highest BCUT2D eigenvalue weighted by Gasteiger charge is 2.15. The highest BCUT2D eigenvalue weighted by atomic mass is 16.5. The van der Waals surface area contributed by atoms with Crippen LogP contribution < -0.4 is 11.1 Å². The second-order valence-corrected chi connectivity index (χ2v) is 3.69. The Hall–Kier alpha value is -2.04. The second-order valence-electron chi connectivity index (χ2n) is 3.69. The van der Waals surface area contributed by atoms with E-state index in [1.54, 1.807) is 25.1 Å². The zero-order valence-electron chi connectivity index (χ0n) is 9.90. The topological polar surface area (TPSA) is 81.4 Å². The zero-order valence-corrected chi connectivity index (χ0v) is 9.90. The van der Waals surface area contributed by atoms with Crippen molar-refractivity contribution in [1.29, 1.82) is 0 Å². The van der Waals surface area contributed by atoms with Crippen LogP contribution in [0, 0.1) is 0 Å². The molecule has 1 amide bonds. The molecule has 1 rings (SSSR count). The van der Waals surface area contributed by atoms with Crippen LogP contribution in [-0.2, 0) is 14.3 Å². The molecule has 0 aromatic heterocycles. The minimum absolute atomic E-state index is 0.123. The van der Waals surface area contributed by atoms with Gasteiger partial charge in [0.2, 0.25) is 5.91 Å². The highest BCUT2D eigenvalue weighted by molar-refractivity contribution is 5.86. The van der Waals surface area contributed by atoms with Crippen molar-refractivity contribution in [1.82, 2.24) is 5.32 Å². The van der Waals surface area contributed by atoms with E-state index in [0.717, 1.165) is 5.56 Å². The summed E-state index contributed by atoms with van der Waals surface area (Å²) in [5, 5.41) is 2.50. The number of anilines is 1. The van der Waals surface area contributed by atoms with Crippen molar-refractivity contribution in [3.05, 3.63) is 29.8 Å². The monoisotopic (exact) mass is 236 g/mol. The molecule has 5 heteroatoms. The van der Waals surface area contributed by atoms with Crippen molar-refractivity contribution in [2.24, 2.45) is 0 Å². The fraction of sp³-hybridized carbons (Fsp3) is 0.333. The first-order valence-corrected chi connectivity index (χ1v) is 5.24. The third kappa shape index (κ3) is 3.79. The van der Waals surface area contributed by atoms with Crippen LogP contribution in [0.2, 0.25) is 0 Å². The van der Waals surface area contributed by atoms with E-state index in [0.29, 0.717) is 5.69 Å². The molecule has 0 heterocycles. The summed E-state index contributed by atoms with van der Waals surface area (Å²) in [5.41, 5.74) is 7.05. The minimum Gasteiger partial charge on any atom is -0.468 e. The molecule has 0 fully saturated rings. The van der Waals surface area contributed by atoms with Crippen molar-refractivity contribution in [3.8, 4) is 0 Å². The van der Waals surface area contributed by atoms with E-state index in [2.05, 4.69) is 10.1 Å². The molecular formula is C12H16N2O3. The first kappa shape index (κ1) is 13.0. The molecular weight excluding hydrogens is 220 g/mol. The van der Waals surface area contributed by atoms with Gasteiger partial charge in [0.25, 0.3) is 0 Å². The summed E-state index contributed by atoms with van der Waals surface area (Å²) in [7, 11) is 1.27. The lowest BCUT2D eigenvalue weighted by molar-refractivity contribution is -0.141. The molecule has 0 aliphatic heterocycles. The Balaban J connectivity index is 2.60. The van der Waals surface area contributed by atoms with Crippen LogP contribution in [0.15, 0.2) is 24.3 Å². The van der Waals surface area contributed by atoms with E-state index in [9.17, 15) is 9.59 Å². The van der Waals surface area contributed by atoms with Crippen LogP contribution in [0.1, 0.15) is 18.4 Å². The molecule has 0 aliphatic carbocycles. The largest absolute Gasteiger partial charge is 0.468 e. The molecule has 17 heavy (non-hydrogen) atoms. The number of ether oxygens (including phenoxy) is 1. The summed E-state index contributed by atoms with van der Waals surface area (Å²) in [6.45, 7) is 1.63. The molecule has 1 aromatic rings. The van der Waals surface area contributed by atoms with Crippen molar-refractivity contribution >= 4 is 17.6 Å². The number of nitrogens with two attached hydrogens (primary N) is 1. The van der Waals surface area contributed by atoms with Crippen molar-refractivity contribution in [2.75, 3.05) is 19.4 Å². The summed E-state index contributed by atoms with van der Waals surface area (Å²) >= 11 is 0. The van der Waals surface area contributed by atoms with Gasteiger partial charge in [-0.1, -0.05) is 12.1 Å². The Bertz CT molecular complexity index is 418. The van der Waals surface area contributed by atoms with Crippen LogP contribution in [0.5, 0.6) is 0 Å². The smallest absolute Gasteiger partial charge is 0.325 e. The number of benzene rings is 1. The van der Waals surface area contributed by atoms with Gasteiger partial charge in [0, 0.05) is 5.69 Å². The fourth-order valence-electron chi connectivity index (χ4n) is 1.36. The number of esters is 1. The quantitative estimate of drug-likeness (QED) is 0.594. The van der Waals surface area contributed by atoms with Gasteiger partial charge in [0.15, 0.2) is 0 Å². The van der Waals surface area contributed by atoms with Gasteiger partial charge in [-0.2, -0.15) is 0 Å². The molecule has 3 N–H and O–H groups in total. The summed E-state index contributed by atoms with van der Waals surface area (Å²) in [5.74, 6) is -1.07. The van der Waals surface area contributed by atoms with E-state index in [1.165, 1.54) is 7.11 Å². The van der Waals surface area contributed by atoms with Crippen molar-refractivity contribution in [3.63, 3.8) is 0 Å². The van der Waals surface area contributed by atoms with Gasteiger partial charge in [-0.25, -0.2) is 0 Å². The molecule has 0 saturated carbocycles.